The molecule has 2 heterocycles. The van der Waals surface area contributed by atoms with Crippen molar-refractivity contribution in [1.29, 1.82) is 0 Å². The third-order valence-electron chi connectivity index (χ3n) is 3.77. The van der Waals surface area contributed by atoms with Crippen molar-refractivity contribution in [3.63, 3.8) is 0 Å². The van der Waals surface area contributed by atoms with Gasteiger partial charge in [-0.3, -0.25) is 19.9 Å². The van der Waals surface area contributed by atoms with Crippen molar-refractivity contribution in [2.75, 3.05) is 6.61 Å². The minimum Gasteiger partial charge on any atom is -0.490 e. The van der Waals surface area contributed by atoms with Gasteiger partial charge in [-0.25, -0.2) is 0 Å². The van der Waals surface area contributed by atoms with E-state index < -0.39 is 6.10 Å². The quantitative estimate of drug-likeness (QED) is 0.824. The molecule has 0 spiro atoms. The number of aryl methyl sites for hydroxylation is 1. The summed E-state index contributed by atoms with van der Waals surface area (Å²) in [5.74, 6) is 0.374. The van der Waals surface area contributed by atoms with Crippen LogP contribution in [0.2, 0.25) is 0 Å². The molecule has 0 saturated carbocycles. The van der Waals surface area contributed by atoms with Crippen LogP contribution in [0.5, 0.6) is 5.75 Å². The zero-order chi connectivity index (χ0) is 17.8. The number of imide groups is 1. The molecule has 2 aromatic rings. The van der Waals surface area contributed by atoms with Gasteiger partial charge >= 0.3 is 0 Å². The highest BCUT2D eigenvalue weighted by Crippen LogP contribution is 2.24. The van der Waals surface area contributed by atoms with Gasteiger partial charge in [-0.15, -0.1) is 0 Å². The first-order valence-electron chi connectivity index (χ1n) is 7.86. The lowest BCUT2D eigenvalue weighted by Crippen LogP contribution is -2.25. The summed E-state index contributed by atoms with van der Waals surface area (Å²) < 4.78 is 5.60. The van der Waals surface area contributed by atoms with Gasteiger partial charge in [-0.05, 0) is 43.2 Å². The SMILES string of the molecule is Cc1cccc(C(O)COc2ccc(CC3SC(=O)NC3=O)cc2)n1. The van der Waals surface area contributed by atoms with E-state index in [1.807, 2.05) is 31.2 Å². The Morgan fingerprint density at radius 2 is 2.00 bits per heavy atom. The predicted molar refractivity (Wildman–Crippen MR) is 94.5 cm³/mol. The molecule has 2 amide bonds. The lowest BCUT2D eigenvalue weighted by atomic mass is 10.1. The first kappa shape index (κ1) is 17.4. The standard InChI is InChI=1S/C18H18N2O4S/c1-11-3-2-4-14(19-11)15(21)10-24-13-7-5-12(6-8-13)9-16-17(22)20-18(23)25-16/h2-8,15-16,21H,9-10H2,1H3,(H,20,22,23). The molecule has 1 aliphatic rings. The lowest BCUT2D eigenvalue weighted by molar-refractivity contribution is -0.118. The molecule has 0 radical (unpaired) electrons. The summed E-state index contributed by atoms with van der Waals surface area (Å²) in [6.07, 6.45) is -0.317. The monoisotopic (exact) mass is 358 g/mol. The Balaban J connectivity index is 1.54. The van der Waals surface area contributed by atoms with Gasteiger partial charge in [0.1, 0.15) is 18.5 Å². The van der Waals surface area contributed by atoms with E-state index in [9.17, 15) is 14.7 Å². The number of nitrogens with one attached hydrogen (secondary N) is 1. The summed E-state index contributed by atoms with van der Waals surface area (Å²) in [6, 6.07) is 12.7. The molecule has 0 aliphatic carbocycles. The van der Waals surface area contributed by atoms with Crippen LogP contribution in [0, 0.1) is 6.92 Å². The van der Waals surface area contributed by atoms with Gasteiger partial charge in [0.15, 0.2) is 0 Å². The Morgan fingerprint density at radius 3 is 2.64 bits per heavy atom. The highest BCUT2D eigenvalue weighted by molar-refractivity contribution is 8.15. The van der Waals surface area contributed by atoms with E-state index in [0.717, 1.165) is 23.0 Å². The summed E-state index contributed by atoms with van der Waals surface area (Å²) in [4.78, 5) is 27.0. The maximum Gasteiger partial charge on any atom is 0.286 e. The number of benzene rings is 1. The normalized spacial score (nSPS) is 18.1. The van der Waals surface area contributed by atoms with Crippen LogP contribution in [0.3, 0.4) is 0 Å². The largest absolute Gasteiger partial charge is 0.490 e. The zero-order valence-electron chi connectivity index (χ0n) is 13.6. The number of aliphatic hydroxyl groups excluding tert-OH is 1. The summed E-state index contributed by atoms with van der Waals surface area (Å²) in [5, 5.41) is 11.7. The molecule has 6 nitrogen and oxygen atoms in total. The minimum atomic E-state index is -0.802. The van der Waals surface area contributed by atoms with Crippen LogP contribution >= 0.6 is 11.8 Å². The average Bonchev–Trinajstić information content (AvgIpc) is 2.91. The van der Waals surface area contributed by atoms with Crippen LogP contribution < -0.4 is 10.1 Å². The number of carbonyl (C=O) groups excluding carboxylic acids is 2. The van der Waals surface area contributed by atoms with Gasteiger partial charge in [0.2, 0.25) is 5.91 Å². The smallest absolute Gasteiger partial charge is 0.286 e. The fourth-order valence-electron chi connectivity index (χ4n) is 2.47. The van der Waals surface area contributed by atoms with Gasteiger partial charge in [-0.1, -0.05) is 30.0 Å². The second kappa shape index (κ2) is 7.67. The van der Waals surface area contributed by atoms with E-state index in [-0.39, 0.29) is 23.0 Å². The van der Waals surface area contributed by atoms with Crippen LogP contribution in [0.4, 0.5) is 4.79 Å². The minimum absolute atomic E-state index is 0.102. The molecule has 3 rings (SSSR count). The highest BCUT2D eigenvalue weighted by Gasteiger charge is 2.31. The second-order valence-electron chi connectivity index (χ2n) is 5.76. The average molecular weight is 358 g/mol. The first-order chi connectivity index (χ1) is 12.0. The molecule has 1 saturated heterocycles. The maximum atomic E-state index is 11.6. The van der Waals surface area contributed by atoms with Crippen LogP contribution in [-0.2, 0) is 11.2 Å². The van der Waals surface area contributed by atoms with Crippen LogP contribution in [0.15, 0.2) is 42.5 Å². The Bertz CT molecular complexity index is 779. The van der Waals surface area contributed by atoms with E-state index in [1.54, 1.807) is 18.2 Å². The summed E-state index contributed by atoms with van der Waals surface area (Å²) in [7, 11) is 0. The van der Waals surface area contributed by atoms with Gasteiger partial charge < -0.3 is 9.84 Å². The molecule has 1 fully saturated rings. The lowest BCUT2D eigenvalue weighted by Gasteiger charge is -2.13. The fraction of sp³-hybridized carbons (Fsp3) is 0.278. The first-order valence-corrected chi connectivity index (χ1v) is 8.74. The number of ether oxygens (including phenoxy) is 1. The molecular formula is C18H18N2O4S. The van der Waals surface area contributed by atoms with Crippen molar-refractivity contribution in [2.45, 2.75) is 24.7 Å². The molecule has 7 heteroatoms. The molecule has 2 atom stereocenters. The molecule has 25 heavy (non-hydrogen) atoms. The summed E-state index contributed by atoms with van der Waals surface area (Å²) in [5.41, 5.74) is 2.36. The topological polar surface area (TPSA) is 88.5 Å². The Hall–Kier alpha value is -2.38. The number of rotatable bonds is 6. The van der Waals surface area contributed by atoms with Crippen molar-refractivity contribution >= 4 is 22.9 Å². The number of hydrogen-bond donors (Lipinski definition) is 2. The molecule has 1 aromatic heterocycles. The summed E-state index contributed by atoms with van der Waals surface area (Å²) in [6.45, 7) is 1.97. The predicted octanol–water partition coefficient (Wildman–Crippen LogP) is 2.40. The van der Waals surface area contributed by atoms with Crippen molar-refractivity contribution in [1.82, 2.24) is 10.3 Å². The molecule has 2 N–H and O–H groups in total. The number of hydrogen-bond acceptors (Lipinski definition) is 6. The Labute approximate surface area is 149 Å². The third kappa shape index (κ3) is 4.58. The van der Waals surface area contributed by atoms with E-state index in [1.165, 1.54) is 0 Å². The van der Waals surface area contributed by atoms with Crippen LogP contribution in [0.1, 0.15) is 23.1 Å². The molecule has 2 unspecified atom stereocenters. The number of carbonyl (C=O) groups is 2. The van der Waals surface area contributed by atoms with Gasteiger partial charge in [0, 0.05) is 5.69 Å². The zero-order valence-corrected chi connectivity index (χ0v) is 14.5. The van der Waals surface area contributed by atoms with Crippen molar-refractivity contribution < 1.29 is 19.4 Å². The number of nitrogens with zero attached hydrogens (tertiary/aromatic N) is 1. The summed E-state index contributed by atoms with van der Waals surface area (Å²) >= 11 is 1.01. The number of pyridine rings is 1. The fourth-order valence-corrected chi connectivity index (χ4v) is 3.33. The van der Waals surface area contributed by atoms with Gasteiger partial charge in [0.25, 0.3) is 5.24 Å². The number of amides is 2. The van der Waals surface area contributed by atoms with E-state index >= 15 is 0 Å². The number of aliphatic hydroxyl groups is 1. The van der Waals surface area contributed by atoms with Crippen molar-refractivity contribution in [3.05, 3.63) is 59.4 Å². The molecule has 0 bridgehead atoms. The van der Waals surface area contributed by atoms with Gasteiger partial charge in [-0.2, -0.15) is 0 Å². The van der Waals surface area contributed by atoms with Crippen LogP contribution in [-0.4, -0.2) is 33.1 Å². The van der Waals surface area contributed by atoms with Crippen molar-refractivity contribution in [3.8, 4) is 5.75 Å². The Kier molecular flexibility index (Phi) is 5.35. The second-order valence-corrected chi connectivity index (χ2v) is 6.94. The third-order valence-corrected chi connectivity index (χ3v) is 4.75. The van der Waals surface area contributed by atoms with Crippen LogP contribution in [0.25, 0.3) is 0 Å². The maximum absolute atomic E-state index is 11.6. The van der Waals surface area contributed by atoms with Gasteiger partial charge in [0.05, 0.1) is 10.9 Å². The van der Waals surface area contributed by atoms with E-state index in [4.69, 9.17) is 4.74 Å². The molecule has 1 aromatic carbocycles. The molecule has 1 aliphatic heterocycles. The number of thioether (sulfide) groups is 1. The molecular weight excluding hydrogens is 340 g/mol. The van der Waals surface area contributed by atoms with Crippen molar-refractivity contribution in [2.24, 2.45) is 0 Å². The highest BCUT2D eigenvalue weighted by atomic mass is 32.2. The number of aromatic nitrogens is 1. The molecule has 130 valence electrons. The van der Waals surface area contributed by atoms with E-state index in [0.29, 0.717) is 17.9 Å². The Morgan fingerprint density at radius 1 is 1.24 bits per heavy atom. The van der Waals surface area contributed by atoms with E-state index in [2.05, 4.69) is 10.3 Å².